The summed E-state index contributed by atoms with van der Waals surface area (Å²) < 4.78 is 29.6. The van der Waals surface area contributed by atoms with Crippen molar-refractivity contribution in [1.29, 1.82) is 0 Å². The van der Waals surface area contributed by atoms with E-state index >= 15 is 0 Å². The number of aromatic nitrogens is 2. The van der Waals surface area contributed by atoms with E-state index < -0.39 is 11.4 Å². The number of halogens is 3. The molecule has 0 saturated heterocycles. The molecule has 0 atom stereocenters. The summed E-state index contributed by atoms with van der Waals surface area (Å²) in [5.74, 6) is 0.0371. The second kappa shape index (κ2) is 7.58. The van der Waals surface area contributed by atoms with Gasteiger partial charge in [-0.05, 0) is 24.3 Å². The highest BCUT2D eigenvalue weighted by Crippen LogP contribution is 2.26. The highest BCUT2D eigenvalue weighted by Gasteiger charge is 2.30. The molecule has 0 saturated carbocycles. The predicted octanol–water partition coefficient (Wildman–Crippen LogP) is 2.40. The van der Waals surface area contributed by atoms with E-state index in [0.717, 1.165) is 0 Å². The van der Waals surface area contributed by atoms with Crippen molar-refractivity contribution in [3.8, 4) is 11.5 Å². The van der Waals surface area contributed by atoms with Crippen molar-refractivity contribution in [2.24, 2.45) is 0 Å². The molecule has 0 radical (unpaired) electrons. The standard InChI is InChI=1S/C7H7BrF2N2O.C5H6N2O/c8-4-7(9,10)13-5-2-1-3-12-6(5)11;6-5-4(8)2-1-3-7-5/h1-3H,4H2,(H2,11,12);1-3,8H,(H2,6,7). The summed E-state index contributed by atoms with van der Waals surface area (Å²) in [4.78, 5) is 7.21. The Labute approximate surface area is 127 Å². The number of hydrogen-bond acceptors (Lipinski definition) is 6. The van der Waals surface area contributed by atoms with Crippen LogP contribution in [0.5, 0.6) is 11.5 Å². The minimum atomic E-state index is -3.27. The Hall–Kier alpha value is -2.16. The number of ether oxygens (including phenoxy) is 1. The molecule has 9 heteroatoms. The van der Waals surface area contributed by atoms with Crippen LogP contribution in [0, 0.1) is 0 Å². The number of nitrogens with two attached hydrogens (primary N) is 2. The Bertz CT molecular complexity index is 566. The number of hydrogen-bond donors (Lipinski definition) is 3. The summed E-state index contributed by atoms with van der Waals surface area (Å²) in [6.45, 7) is 0. The largest absolute Gasteiger partial charge is 0.504 e. The second-order valence-electron chi connectivity index (χ2n) is 3.67. The molecule has 0 fully saturated rings. The first-order valence-corrected chi connectivity index (χ1v) is 6.70. The molecule has 0 bridgehead atoms. The molecular formula is C12H13BrF2N4O2. The molecule has 2 rings (SSSR count). The second-order valence-corrected chi connectivity index (χ2v) is 4.23. The minimum Gasteiger partial charge on any atom is -0.504 e. The lowest BCUT2D eigenvalue weighted by atomic mass is 10.4. The third kappa shape index (κ3) is 5.78. The van der Waals surface area contributed by atoms with E-state index in [9.17, 15) is 8.78 Å². The number of anilines is 2. The van der Waals surface area contributed by atoms with Crippen molar-refractivity contribution in [1.82, 2.24) is 9.97 Å². The quantitative estimate of drug-likeness (QED) is 0.723. The van der Waals surface area contributed by atoms with Gasteiger partial charge in [-0.1, -0.05) is 15.9 Å². The zero-order chi connectivity index (χ0) is 15.9. The van der Waals surface area contributed by atoms with E-state index in [1.165, 1.54) is 30.6 Å². The summed E-state index contributed by atoms with van der Waals surface area (Å²) in [6.07, 6.45) is -0.347. The average Bonchev–Trinajstić information content (AvgIpc) is 2.45. The Morgan fingerprint density at radius 1 is 1.14 bits per heavy atom. The fraction of sp³-hybridized carbons (Fsp3) is 0.167. The van der Waals surface area contributed by atoms with Gasteiger partial charge in [-0.15, -0.1) is 0 Å². The van der Waals surface area contributed by atoms with Crippen LogP contribution in [-0.2, 0) is 0 Å². The molecule has 6 nitrogen and oxygen atoms in total. The van der Waals surface area contributed by atoms with E-state index in [-0.39, 0.29) is 23.1 Å². The normalized spacial score (nSPS) is 10.4. The summed E-state index contributed by atoms with van der Waals surface area (Å²) in [6, 6.07) is 5.91. The van der Waals surface area contributed by atoms with Crippen LogP contribution < -0.4 is 16.2 Å². The van der Waals surface area contributed by atoms with Gasteiger partial charge in [0.05, 0.1) is 0 Å². The molecule has 21 heavy (non-hydrogen) atoms. The van der Waals surface area contributed by atoms with Gasteiger partial charge < -0.3 is 21.3 Å². The van der Waals surface area contributed by atoms with Crippen molar-refractivity contribution in [2.75, 3.05) is 16.8 Å². The van der Waals surface area contributed by atoms with Gasteiger partial charge in [0, 0.05) is 12.4 Å². The number of nitrogen functional groups attached to an aromatic ring is 2. The molecule has 0 aliphatic heterocycles. The lowest BCUT2D eigenvalue weighted by Gasteiger charge is -2.15. The number of nitrogens with zero attached hydrogens (tertiary/aromatic N) is 2. The SMILES string of the molecule is Nc1ncccc1O.Nc1ncccc1OC(F)(F)CBr. The highest BCUT2D eigenvalue weighted by atomic mass is 79.9. The van der Waals surface area contributed by atoms with Gasteiger partial charge in [0.25, 0.3) is 0 Å². The van der Waals surface area contributed by atoms with Gasteiger partial charge in [0.2, 0.25) is 0 Å². The Balaban J connectivity index is 0.000000235. The van der Waals surface area contributed by atoms with Crippen LogP contribution >= 0.6 is 15.9 Å². The smallest absolute Gasteiger partial charge is 0.407 e. The van der Waals surface area contributed by atoms with Crippen molar-refractivity contribution in [3.63, 3.8) is 0 Å². The third-order valence-corrected chi connectivity index (χ3v) is 2.68. The highest BCUT2D eigenvalue weighted by molar-refractivity contribution is 9.09. The summed E-state index contributed by atoms with van der Waals surface area (Å²) in [5.41, 5.74) is 10.5. The fourth-order valence-electron chi connectivity index (χ4n) is 1.09. The first-order chi connectivity index (χ1) is 9.85. The van der Waals surface area contributed by atoms with Gasteiger partial charge in [-0.3, -0.25) is 0 Å². The van der Waals surface area contributed by atoms with Crippen LogP contribution in [0.1, 0.15) is 0 Å². The average molecular weight is 363 g/mol. The Kier molecular flexibility index (Phi) is 6.10. The van der Waals surface area contributed by atoms with Crippen LogP contribution in [0.25, 0.3) is 0 Å². The lowest BCUT2D eigenvalue weighted by molar-refractivity contribution is -0.153. The zero-order valence-corrected chi connectivity index (χ0v) is 12.3. The molecule has 2 heterocycles. The van der Waals surface area contributed by atoms with Crippen molar-refractivity contribution in [2.45, 2.75) is 6.11 Å². The Morgan fingerprint density at radius 3 is 2.14 bits per heavy atom. The fourth-order valence-corrected chi connectivity index (χ4v) is 1.20. The van der Waals surface area contributed by atoms with Crippen molar-refractivity contribution < 1.29 is 18.6 Å². The third-order valence-electron chi connectivity index (χ3n) is 2.03. The number of aromatic hydroxyl groups is 1. The molecule has 0 amide bonds. The maximum Gasteiger partial charge on any atom is 0.407 e. The number of pyridine rings is 2. The molecule has 0 aliphatic carbocycles. The van der Waals surface area contributed by atoms with Crippen LogP contribution in [-0.4, -0.2) is 26.5 Å². The van der Waals surface area contributed by atoms with Gasteiger partial charge in [0.15, 0.2) is 23.1 Å². The monoisotopic (exact) mass is 362 g/mol. The minimum absolute atomic E-state index is 0.0347. The van der Waals surface area contributed by atoms with Crippen LogP contribution in [0.15, 0.2) is 36.7 Å². The lowest BCUT2D eigenvalue weighted by Crippen LogP contribution is -2.26. The topological polar surface area (TPSA) is 107 Å². The maximum absolute atomic E-state index is 12.7. The van der Waals surface area contributed by atoms with Crippen LogP contribution in [0.4, 0.5) is 20.4 Å². The van der Waals surface area contributed by atoms with E-state index in [0.29, 0.717) is 0 Å². The Morgan fingerprint density at radius 2 is 1.71 bits per heavy atom. The molecule has 2 aromatic heterocycles. The predicted molar refractivity (Wildman–Crippen MR) is 78.3 cm³/mol. The molecule has 0 aromatic carbocycles. The summed E-state index contributed by atoms with van der Waals surface area (Å²) in [5, 5.41) is 8.14. The van der Waals surface area contributed by atoms with Gasteiger partial charge >= 0.3 is 6.11 Å². The van der Waals surface area contributed by atoms with Crippen molar-refractivity contribution in [3.05, 3.63) is 36.7 Å². The van der Waals surface area contributed by atoms with E-state index in [2.05, 4.69) is 30.6 Å². The van der Waals surface area contributed by atoms with Crippen LogP contribution in [0.2, 0.25) is 0 Å². The van der Waals surface area contributed by atoms with Gasteiger partial charge in [-0.25, -0.2) is 9.97 Å². The first kappa shape index (κ1) is 16.9. The molecule has 0 aliphatic rings. The number of alkyl halides is 3. The van der Waals surface area contributed by atoms with Crippen molar-refractivity contribution >= 4 is 27.6 Å². The molecule has 114 valence electrons. The molecule has 0 unspecified atom stereocenters. The summed E-state index contributed by atoms with van der Waals surface area (Å²) in [7, 11) is 0. The number of rotatable bonds is 3. The maximum atomic E-state index is 12.7. The zero-order valence-electron chi connectivity index (χ0n) is 10.7. The summed E-state index contributed by atoms with van der Waals surface area (Å²) >= 11 is 2.62. The first-order valence-electron chi connectivity index (χ1n) is 5.58. The van der Waals surface area contributed by atoms with E-state index in [1.807, 2.05) is 0 Å². The molecule has 0 spiro atoms. The van der Waals surface area contributed by atoms with E-state index in [1.54, 1.807) is 6.07 Å². The van der Waals surface area contributed by atoms with Gasteiger partial charge in [0.1, 0.15) is 5.33 Å². The molecular weight excluding hydrogens is 350 g/mol. The van der Waals surface area contributed by atoms with Gasteiger partial charge in [-0.2, -0.15) is 8.78 Å². The molecule has 2 aromatic rings. The van der Waals surface area contributed by atoms with Crippen LogP contribution in [0.3, 0.4) is 0 Å². The molecule has 5 N–H and O–H groups in total. The van der Waals surface area contributed by atoms with E-state index in [4.69, 9.17) is 16.6 Å².